The second kappa shape index (κ2) is 9.72. The van der Waals surface area contributed by atoms with E-state index in [-0.39, 0.29) is 17.6 Å². The molecule has 3 aromatic heterocycles. The number of pyridine rings is 2. The molecule has 0 atom stereocenters. The minimum atomic E-state index is -0.515. The molecule has 2 aliphatic rings. The molecule has 0 unspecified atom stereocenters. The summed E-state index contributed by atoms with van der Waals surface area (Å²) < 4.78 is 5.83. The number of aryl methyl sites for hydroxylation is 1. The fraction of sp³-hybridized carbons (Fsp3) is 0.440. The number of hydrogen-bond acceptors (Lipinski definition) is 6. The summed E-state index contributed by atoms with van der Waals surface area (Å²) in [5.74, 6) is -0.369. The van der Waals surface area contributed by atoms with Gasteiger partial charge in [-0.15, -0.1) is 0 Å². The Balaban J connectivity index is 1.35. The minimum absolute atomic E-state index is 0.00366. The number of likely N-dealkylation sites (tertiary alicyclic amines) is 1. The zero-order valence-corrected chi connectivity index (χ0v) is 19.9. The van der Waals surface area contributed by atoms with Gasteiger partial charge in [0, 0.05) is 23.9 Å². The number of rotatable bonds is 5. The smallest absolute Gasteiger partial charge is 0.294 e. The number of nitrogens with one attached hydrogen (secondary N) is 2. The van der Waals surface area contributed by atoms with Crippen LogP contribution in [0.4, 0.5) is 11.5 Å². The Labute approximate surface area is 203 Å². The Morgan fingerprint density at radius 3 is 2.53 bits per heavy atom. The fourth-order valence-electron chi connectivity index (χ4n) is 5.01. The maximum absolute atomic E-state index is 13.2. The van der Waals surface area contributed by atoms with Crippen LogP contribution in [0.1, 0.15) is 54.8 Å². The third-order valence-electron chi connectivity index (χ3n) is 6.82. The third kappa shape index (κ3) is 4.79. The standard InChI is InChI=1S/C25H28ClN5O3/c1-15-4-10-19-21(28-15)22(23(34-19)25(33)29-20-11-7-17(26)14-27-20)30-24(32)16-5-8-18(9-6-16)31-12-2-3-13-31/h4,7,10-11,14,16,18H,2-3,5-6,8-9,12-13H2,1H3,(H,30,32)(H,27,29,33)/t16-,18-. The number of fused-ring (bicyclic) bond motifs is 1. The third-order valence-corrected chi connectivity index (χ3v) is 7.04. The van der Waals surface area contributed by atoms with E-state index in [9.17, 15) is 9.59 Å². The summed E-state index contributed by atoms with van der Waals surface area (Å²) in [7, 11) is 0. The van der Waals surface area contributed by atoms with Crippen molar-refractivity contribution >= 4 is 46.0 Å². The Morgan fingerprint density at radius 1 is 1.06 bits per heavy atom. The van der Waals surface area contributed by atoms with Crippen molar-refractivity contribution in [2.45, 2.75) is 51.5 Å². The first-order valence-corrected chi connectivity index (χ1v) is 12.2. The lowest BCUT2D eigenvalue weighted by Crippen LogP contribution is -2.38. The van der Waals surface area contributed by atoms with Gasteiger partial charge >= 0.3 is 0 Å². The van der Waals surface area contributed by atoms with Crippen LogP contribution in [0.5, 0.6) is 0 Å². The maximum atomic E-state index is 13.2. The molecule has 178 valence electrons. The van der Waals surface area contributed by atoms with E-state index < -0.39 is 5.91 Å². The van der Waals surface area contributed by atoms with Crippen LogP contribution in [0.3, 0.4) is 0 Å². The summed E-state index contributed by atoms with van der Waals surface area (Å²) in [6.45, 7) is 4.21. The number of aromatic nitrogens is 2. The van der Waals surface area contributed by atoms with E-state index in [1.54, 1.807) is 24.3 Å². The topological polar surface area (TPSA) is 100 Å². The molecule has 1 aliphatic heterocycles. The second-order valence-corrected chi connectivity index (χ2v) is 9.60. The average molecular weight is 482 g/mol. The Hall–Kier alpha value is -2.97. The molecule has 0 radical (unpaired) electrons. The summed E-state index contributed by atoms with van der Waals surface area (Å²) in [6, 6.07) is 7.38. The molecular formula is C25H28ClN5O3. The maximum Gasteiger partial charge on any atom is 0.294 e. The van der Waals surface area contributed by atoms with Gasteiger partial charge in [0.2, 0.25) is 11.7 Å². The van der Waals surface area contributed by atoms with E-state index in [0.29, 0.717) is 33.7 Å². The van der Waals surface area contributed by atoms with Crippen LogP contribution in [0.15, 0.2) is 34.9 Å². The first-order chi connectivity index (χ1) is 16.5. The summed E-state index contributed by atoms with van der Waals surface area (Å²) in [6.07, 6.45) is 7.72. The number of hydrogen-bond donors (Lipinski definition) is 2. The second-order valence-electron chi connectivity index (χ2n) is 9.16. The molecule has 5 rings (SSSR count). The molecule has 0 spiro atoms. The van der Waals surface area contributed by atoms with Gasteiger partial charge in [-0.3, -0.25) is 9.59 Å². The number of furan rings is 1. The average Bonchev–Trinajstić information content (AvgIpc) is 3.49. The number of carbonyl (C=O) groups excluding carboxylic acids is 2. The highest BCUT2D eigenvalue weighted by Gasteiger charge is 2.32. The van der Waals surface area contributed by atoms with Crippen molar-refractivity contribution in [1.29, 1.82) is 0 Å². The van der Waals surface area contributed by atoms with Crippen LogP contribution in [-0.4, -0.2) is 45.8 Å². The minimum Gasteiger partial charge on any atom is -0.447 e. The van der Waals surface area contributed by atoms with Crippen LogP contribution < -0.4 is 10.6 Å². The van der Waals surface area contributed by atoms with Crippen molar-refractivity contribution in [1.82, 2.24) is 14.9 Å². The number of halogens is 1. The van der Waals surface area contributed by atoms with E-state index >= 15 is 0 Å². The molecule has 8 nitrogen and oxygen atoms in total. The van der Waals surface area contributed by atoms with Crippen molar-refractivity contribution < 1.29 is 14.0 Å². The van der Waals surface area contributed by atoms with Gasteiger partial charge < -0.3 is 20.0 Å². The van der Waals surface area contributed by atoms with Gasteiger partial charge in [0.15, 0.2) is 5.58 Å². The molecule has 1 saturated carbocycles. The molecule has 1 aliphatic carbocycles. The van der Waals surface area contributed by atoms with Gasteiger partial charge in [-0.2, -0.15) is 0 Å². The highest BCUT2D eigenvalue weighted by atomic mass is 35.5. The summed E-state index contributed by atoms with van der Waals surface area (Å²) in [5.41, 5.74) is 1.97. The Kier molecular flexibility index (Phi) is 6.52. The van der Waals surface area contributed by atoms with Gasteiger partial charge in [0.25, 0.3) is 5.91 Å². The van der Waals surface area contributed by atoms with Gasteiger partial charge in [0.05, 0.1) is 5.02 Å². The van der Waals surface area contributed by atoms with E-state index in [0.717, 1.165) is 31.4 Å². The molecule has 34 heavy (non-hydrogen) atoms. The molecule has 0 aromatic carbocycles. The van der Waals surface area contributed by atoms with Gasteiger partial charge in [-0.05, 0) is 82.8 Å². The monoisotopic (exact) mass is 481 g/mol. The van der Waals surface area contributed by atoms with Crippen molar-refractivity contribution in [3.8, 4) is 0 Å². The molecule has 2 fully saturated rings. The molecule has 3 aromatic rings. The lowest BCUT2D eigenvalue weighted by molar-refractivity contribution is -0.121. The number of amides is 2. The van der Waals surface area contributed by atoms with Crippen LogP contribution in [0.25, 0.3) is 11.1 Å². The Bertz CT molecular complexity index is 1200. The van der Waals surface area contributed by atoms with Crippen LogP contribution in [0.2, 0.25) is 5.02 Å². The zero-order chi connectivity index (χ0) is 23.7. The predicted molar refractivity (Wildman–Crippen MR) is 131 cm³/mol. The van der Waals surface area contributed by atoms with Crippen molar-refractivity contribution in [2.75, 3.05) is 23.7 Å². The van der Waals surface area contributed by atoms with Crippen LogP contribution in [-0.2, 0) is 4.79 Å². The highest BCUT2D eigenvalue weighted by molar-refractivity contribution is 6.30. The normalized spacial score (nSPS) is 21.0. The van der Waals surface area contributed by atoms with Crippen LogP contribution in [0, 0.1) is 12.8 Å². The number of carbonyl (C=O) groups is 2. The number of anilines is 2. The van der Waals surface area contributed by atoms with Crippen molar-refractivity contribution in [3.05, 3.63) is 46.9 Å². The van der Waals surface area contributed by atoms with Gasteiger partial charge in [-0.1, -0.05) is 11.6 Å². The summed E-state index contributed by atoms with van der Waals surface area (Å²) in [5, 5.41) is 6.15. The predicted octanol–water partition coefficient (Wildman–Crippen LogP) is 5.03. The SMILES string of the molecule is Cc1ccc2oc(C(=O)Nc3ccc(Cl)cn3)c(NC(=O)[C@H]3CC[C@H](N4CCCC4)CC3)c2n1. The van der Waals surface area contributed by atoms with Crippen molar-refractivity contribution in [2.24, 2.45) is 5.92 Å². The Morgan fingerprint density at radius 2 is 1.82 bits per heavy atom. The van der Waals surface area contributed by atoms with E-state index in [1.807, 2.05) is 6.92 Å². The fourth-order valence-corrected chi connectivity index (χ4v) is 5.12. The van der Waals surface area contributed by atoms with E-state index in [2.05, 4.69) is 25.5 Å². The number of nitrogens with zero attached hydrogens (tertiary/aromatic N) is 3. The molecule has 2 N–H and O–H groups in total. The molecule has 1 saturated heterocycles. The van der Waals surface area contributed by atoms with Gasteiger partial charge in [0.1, 0.15) is 17.0 Å². The zero-order valence-electron chi connectivity index (χ0n) is 19.1. The van der Waals surface area contributed by atoms with Crippen molar-refractivity contribution in [3.63, 3.8) is 0 Å². The first kappa shape index (κ1) is 22.8. The van der Waals surface area contributed by atoms with Gasteiger partial charge in [-0.25, -0.2) is 9.97 Å². The van der Waals surface area contributed by atoms with E-state index in [1.165, 1.54) is 32.1 Å². The lowest BCUT2D eigenvalue weighted by atomic mass is 9.85. The largest absolute Gasteiger partial charge is 0.447 e. The van der Waals surface area contributed by atoms with Crippen LogP contribution >= 0.6 is 11.6 Å². The molecule has 2 amide bonds. The lowest BCUT2D eigenvalue weighted by Gasteiger charge is -2.33. The molecule has 4 heterocycles. The molecule has 0 bridgehead atoms. The molecule has 9 heteroatoms. The molecular weight excluding hydrogens is 454 g/mol. The highest BCUT2D eigenvalue weighted by Crippen LogP contribution is 2.34. The summed E-state index contributed by atoms with van der Waals surface area (Å²) in [4.78, 5) is 37.5. The quantitative estimate of drug-likeness (QED) is 0.530. The van der Waals surface area contributed by atoms with E-state index in [4.69, 9.17) is 16.0 Å². The summed E-state index contributed by atoms with van der Waals surface area (Å²) >= 11 is 5.88. The first-order valence-electron chi connectivity index (χ1n) is 11.9.